The summed E-state index contributed by atoms with van der Waals surface area (Å²) in [6.07, 6.45) is -4.28. The first-order valence-corrected chi connectivity index (χ1v) is 13.4. The highest BCUT2D eigenvalue weighted by Crippen LogP contribution is 2.27. The summed E-state index contributed by atoms with van der Waals surface area (Å²) in [7, 11) is 0. The number of ether oxygens (including phenoxy) is 1. The molecule has 40 heavy (non-hydrogen) atoms. The third kappa shape index (κ3) is 8.45. The predicted molar refractivity (Wildman–Crippen MR) is 147 cm³/mol. The van der Waals surface area contributed by atoms with Crippen LogP contribution in [-0.2, 0) is 13.1 Å². The number of carbonyl (C=O) groups excluding carboxylic acids is 2. The van der Waals surface area contributed by atoms with Crippen LogP contribution in [0.5, 0.6) is 5.75 Å². The number of imide groups is 1. The second-order valence-corrected chi connectivity index (χ2v) is 9.77. The normalized spacial score (nSPS) is 11.8. The highest BCUT2D eigenvalue weighted by molar-refractivity contribution is 7.07. The van der Waals surface area contributed by atoms with Crippen LogP contribution in [0.2, 0.25) is 5.02 Å². The third-order valence-electron chi connectivity index (χ3n) is 5.60. The number of carbonyl (C=O) groups is 2. The van der Waals surface area contributed by atoms with Crippen molar-refractivity contribution in [3.8, 4) is 17.0 Å². The van der Waals surface area contributed by atoms with Gasteiger partial charge in [0, 0.05) is 29.1 Å². The van der Waals surface area contributed by atoms with Gasteiger partial charge >= 0.3 is 12.4 Å². The Morgan fingerprint density at radius 3 is 2.35 bits per heavy atom. The lowest BCUT2D eigenvalue weighted by Crippen LogP contribution is -2.40. The van der Waals surface area contributed by atoms with Crippen molar-refractivity contribution in [3.05, 3.63) is 105 Å². The van der Waals surface area contributed by atoms with Crippen molar-refractivity contribution >= 4 is 34.9 Å². The molecule has 7 nitrogen and oxygen atoms in total. The van der Waals surface area contributed by atoms with Crippen molar-refractivity contribution in [2.24, 2.45) is 4.99 Å². The number of thiazole rings is 1. The molecule has 1 aromatic heterocycles. The summed E-state index contributed by atoms with van der Waals surface area (Å²) >= 11 is 7.36. The van der Waals surface area contributed by atoms with Crippen LogP contribution in [0.25, 0.3) is 11.3 Å². The maximum absolute atomic E-state index is 12.6. The van der Waals surface area contributed by atoms with Gasteiger partial charge < -0.3 is 14.6 Å². The molecule has 4 rings (SSSR count). The zero-order chi connectivity index (χ0) is 28.5. The highest BCUT2D eigenvalue weighted by Gasteiger charge is 2.31. The molecule has 0 aliphatic carbocycles. The maximum Gasteiger partial charge on any atom is 0.573 e. The summed E-state index contributed by atoms with van der Waals surface area (Å²) in [6.45, 7) is 1.12. The summed E-state index contributed by atoms with van der Waals surface area (Å²) in [4.78, 5) is 29.8. The van der Waals surface area contributed by atoms with Crippen LogP contribution in [0.1, 0.15) is 22.3 Å². The first kappa shape index (κ1) is 28.9. The number of nitrogens with one attached hydrogen (secondary N) is 2. The largest absolute Gasteiger partial charge is 0.573 e. The molecule has 0 atom stereocenters. The van der Waals surface area contributed by atoms with Gasteiger partial charge in [0.05, 0.1) is 12.2 Å². The van der Waals surface area contributed by atoms with Gasteiger partial charge in [-0.1, -0.05) is 41.9 Å². The van der Waals surface area contributed by atoms with Gasteiger partial charge in [-0.3, -0.25) is 15.1 Å². The van der Waals surface area contributed by atoms with Crippen LogP contribution in [0.3, 0.4) is 0 Å². The monoisotopic (exact) mass is 588 g/mol. The van der Waals surface area contributed by atoms with E-state index in [2.05, 4.69) is 15.4 Å². The summed E-state index contributed by atoms with van der Waals surface area (Å²) < 4.78 is 43.6. The number of halogens is 4. The second-order valence-electron chi connectivity index (χ2n) is 8.50. The molecule has 0 spiro atoms. The fourth-order valence-electron chi connectivity index (χ4n) is 3.73. The van der Waals surface area contributed by atoms with Gasteiger partial charge in [-0.2, -0.15) is 0 Å². The fourth-order valence-corrected chi connectivity index (χ4v) is 4.79. The van der Waals surface area contributed by atoms with E-state index in [1.54, 1.807) is 54.6 Å². The van der Waals surface area contributed by atoms with E-state index in [1.807, 2.05) is 22.1 Å². The number of rotatable bonds is 9. The third-order valence-corrected chi connectivity index (χ3v) is 6.75. The van der Waals surface area contributed by atoms with E-state index in [9.17, 15) is 22.8 Å². The van der Waals surface area contributed by atoms with Gasteiger partial charge in [-0.15, -0.1) is 24.5 Å². The molecule has 12 heteroatoms. The van der Waals surface area contributed by atoms with E-state index in [4.69, 9.17) is 16.6 Å². The Balaban J connectivity index is 1.46. The molecule has 0 unspecified atom stereocenters. The minimum atomic E-state index is -4.78. The van der Waals surface area contributed by atoms with E-state index in [1.165, 1.54) is 23.5 Å². The number of nitrogens with zero attached hydrogens (tertiary/aromatic N) is 2. The Morgan fingerprint density at radius 1 is 0.975 bits per heavy atom. The molecular weight excluding hydrogens is 565 g/mol. The van der Waals surface area contributed by atoms with Gasteiger partial charge in [0.15, 0.2) is 4.80 Å². The SMILES string of the molecule is O=C(NCCCn1c(-c2ccc(OC(F)(F)F)cc2)csc1=NCc1ccc(Cl)cc1)NC(=O)c1ccccc1. The van der Waals surface area contributed by atoms with Crippen LogP contribution in [-0.4, -0.2) is 29.4 Å². The van der Waals surface area contributed by atoms with Crippen LogP contribution >= 0.6 is 22.9 Å². The number of alkyl halides is 3. The molecular formula is C28H24ClF3N4O3S. The van der Waals surface area contributed by atoms with Crippen LogP contribution < -0.4 is 20.2 Å². The molecule has 0 aliphatic rings. The van der Waals surface area contributed by atoms with E-state index >= 15 is 0 Å². The van der Waals surface area contributed by atoms with Gasteiger partial charge in [0.2, 0.25) is 0 Å². The Kier molecular flexibility index (Phi) is 9.62. The molecule has 208 valence electrons. The Hall–Kier alpha value is -4.09. The Bertz CT molecular complexity index is 1500. The van der Waals surface area contributed by atoms with Crippen LogP contribution in [0, 0.1) is 0 Å². The Labute approximate surface area is 236 Å². The van der Waals surface area contributed by atoms with Crippen LogP contribution in [0.15, 0.2) is 89.2 Å². The van der Waals surface area contributed by atoms with Crippen LogP contribution in [0.4, 0.5) is 18.0 Å². The summed E-state index contributed by atoms with van der Waals surface area (Å²) in [5.74, 6) is -0.820. The molecule has 0 saturated heterocycles. The molecule has 4 aromatic rings. The Morgan fingerprint density at radius 2 is 1.68 bits per heavy atom. The van der Waals surface area contributed by atoms with Crippen molar-refractivity contribution in [3.63, 3.8) is 0 Å². The van der Waals surface area contributed by atoms with Crippen molar-refractivity contribution in [1.82, 2.24) is 15.2 Å². The standard InChI is InChI=1S/C28H24ClF3N4O3S/c29-22-11-7-19(8-12-22)17-34-27-36(16-4-15-33-26(38)35-25(37)21-5-2-1-3-6-21)24(18-40-27)20-9-13-23(14-10-20)39-28(30,31)32/h1-3,5-14,18H,4,15-17H2,(H2,33,35,37,38). The van der Waals surface area contributed by atoms with E-state index < -0.39 is 18.3 Å². The maximum atomic E-state index is 12.6. The number of benzene rings is 3. The topological polar surface area (TPSA) is 84.7 Å². The number of hydrogen-bond donors (Lipinski definition) is 2. The molecule has 0 radical (unpaired) electrons. The number of amides is 3. The summed E-state index contributed by atoms with van der Waals surface area (Å²) in [5, 5.41) is 7.45. The van der Waals surface area contributed by atoms with Crippen molar-refractivity contribution in [1.29, 1.82) is 0 Å². The zero-order valence-corrected chi connectivity index (χ0v) is 22.5. The zero-order valence-electron chi connectivity index (χ0n) is 21.0. The number of urea groups is 1. The quantitative estimate of drug-likeness (QED) is 0.222. The molecule has 3 amide bonds. The lowest BCUT2D eigenvalue weighted by Gasteiger charge is -2.12. The average molecular weight is 589 g/mol. The van der Waals surface area contributed by atoms with Crippen molar-refractivity contribution < 1.29 is 27.5 Å². The molecule has 0 saturated carbocycles. The van der Waals surface area contributed by atoms with Gasteiger partial charge in [0.25, 0.3) is 5.91 Å². The molecule has 0 fully saturated rings. The van der Waals surface area contributed by atoms with Gasteiger partial charge in [-0.05, 0) is 66.1 Å². The molecule has 0 aliphatic heterocycles. The average Bonchev–Trinajstić information content (AvgIpc) is 3.33. The highest BCUT2D eigenvalue weighted by atomic mass is 35.5. The lowest BCUT2D eigenvalue weighted by atomic mass is 10.1. The summed E-state index contributed by atoms with van der Waals surface area (Å²) in [6, 6.07) is 20.7. The minimum absolute atomic E-state index is 0.269. The smallest absolute Gasteiger partial charge is 0.406 e. The predicted octanol–water partition coefficient (Wildman–Crippen LogP) is 6.40. The summed E-state index contributed by atoms with van der Waals surface area (Å²) in [5.41, 5.74) is 2.76. The minimum Gasteiger partial charge on any atom is -0.406 e. The second kappa shape index (κ2) is 13.3. The molecule has 0 bridgehead atoms. The van der Waals surface area contributed by atoms with E-state index in [-0.39, 0.29) is 12.3 Å². The lowest BCUT2D eigenvalue weighted by molar-refractivity contribution is -0.274. The first-order chi connectivity index (χ1) is 19.2. The van der Waals surface area contributed by atoms with Crippen molar-refractivity contribution in [2.75, 3.05) is 6.54 Å². The fraction of sp³-hybridized carbons (Fsp3) is 0.179. The molecule has 2 N–H and O–H groups in total. The molecule has 3 aromatic carbocycles. The first-order valence-electron chi connectivity index (χ1n) is 12.1. The molecule has 1 heterocycles. The number of hydrogen-bond acceptors (Lipinski definition) is 5. The van der Waals surface area contributed by atoms with Crippen molar-refractivity contribution in [2.45, 2.75) is 25.9 Å². The van der Waals surface area contributed by atoms with Gasteiger partial charge in [-0.25, -0.2) is 4.79 Å². The van der Waals surface area contributed by atoms with Gasteiger partial charge in [0.1, 0.15) is 5.75 Å². The number of aromatic nitrogens is 1. The van der Waals surface area contributed by atoms with E-state index in [0.29, 0.717) is 40.5 Å². The van der Waals surface area contributed by atoms with E-state index in [0.717, 1.165) is 11.3 Å².